The lowest BCUT2D eigenvalue weighted by Gasteiger charge is -2.32. The fraction of sp³-hybridized carbons (Fsp3) is 0.591. The van der Waals surface area contributed by atoms with Crippen molar-refractivity contribution < 1.29 is 4.79 Å². The highest BCUT2D eigenvalue weighted by molar-refractivity contribution is 5.92. The molecule has 160 valence electrons. The van der Waals surface area contributed by atoms with Crippen LogP contribution in [0.15, 0.2) is 27.8 Å². The number of likely N-dealkylation sites (tertiary alicyclic amines) is 1. The summed E-state index contributed by atoms with van der Waals surface area (Å²) in [5, 5.41) is 8.87. The SMILES string of the molecule is CC(C)n1nc(C(=O)N2CCC(Cn3nc4c(cc3=O)CCCC4)CC2)ccc1=O. The van der Waals surface area contributed by atoms with Gasteiger partial charge in [-0.1, -0.05) is 0 Å². The van der Waals surface area contributed by atoms with Crippen LogP contribution in [0.3, 0.4) is 0 Å². The van der Waals surface area contributed by atoms with Gasteiger partial charge in [0.25, 0.3) is 17.0 Å². The first-order valence-corrected chi connectivity index (χ1v) is 10.9. The molecule has 0 N–H and O–H groups in total. The van der Waals surface area contributed by atoms with E-state index in [-0.39, 0.29) is 23.1 Å². The molecule has 0 bridgehead atoms. The number of amides is 1. The molecule has 1 aliphatic carbocycles. The first-order valence-electron chi connectivity index (χ1n) is 10.9. The Balaban J connectivity index is 1.40. The summed E-state index contributed by atoms with van der Waals surface area (Å²) in [6.45, 7) is 5.57. The van der Waals surface area contributed by atoms with Gasteiger partial charge in [-0.15, -0.1) is 0 Å². The van der Waals surface area contributed by atoms with Crippen LogP contribution in [0.2, 0.25) is 0 Å². The molecular formula is C22H29N5O3. The second-order valence-corrected chi connectivity index (χ2v) is 8.67. The van der Waals surface area contributed by atoms with E-state index in [0.29, 0.717) is 31.2 Å². The number of rotatable bonds is 4. The molecule has 0 aromatic carbocycles. The van der Waals surface area contributed by atoms with E-state index in [1.165, 1.54) is 16.8 Å². The van der Waals surface area contributed by atoms with Crippen molar-refractivity contribution in [2.75, 3.05) is 13.1 Å². The standard InChI is InChI=1S/C22H29N5O3/c1-15(2)27-20(28)8-7-19(24-27)22(30)25-11-9-16(10-12-25)14-26-21(29)13-17-5-3-4-6-18(17)23-26/h7-8,13,15-16H,3-6,9-12,14H2,1-2H3. The number of aromatic nitrogens is 4. The second-order valence-electron chi connectivity index (χ2n) is 8.67. The van der Waals surface area contributed by atoms with Crippen LogP contribution in [0.5, 0.6) is 0 Å². The number of hydrogen-bond donors (Lipinski definition) is 0. The number of piperidine rings is 1. The molecule has 0 saturated carbocycles. The van der Waals surface area contributed by atoms with Crippen molar-refractivity contribution in [2.24, 2.45) is 5.92 Å². The fourth-order valence-corrected chi connectivity index (χ4v) is 4.37. The number of fused-ring (bicyclic) bond motifs is 1. The van der Waals surface area contributed by atoms with Gasteiger partial charge >= 0.3 is 0 Å². The number of carbonyl (C=O) groups is 1. The minimum absolute atomic E-state index is 0.0192. The van der Waals surface area contributed by atoms with Gasteiger partial charge in [-0.2, -0.15) is 10.2 Å². The summed E-state index contributed by atoms with van der Waals surface area (Å²) in [7, 11) is 0. The Kier molecular flexibility index (Phi) is 5.83. The molecule has 0 unspecified atom stereocenters. The molecule has 2 aromatic heterocycles. The predicted molar refractivity (Wildman–Crippen MR) is 113 cm³/mol. The Morgan fingerprint density at radius 3 is 2.53 bits per heavy atom. The highest BCUT2D eigenvalue weighted by Crippen LogP contribution is 2.21. The van der Waals surface area contributed by atoms with Crippen molar-refractivity contribution in [1.29, 1.82) is 0 Å². The van der Waals surface area contributed by atoms with Crippen molar-refractivity contribution in [2.45, 2.75) is 65.0 Å². The van der Waals surface area contributed by atoms with E-state index >= 15 is 0 Å². The second kappa shape index (κ2) is 8.53. The lowest BCUT2D eigenvalue weighted by molar-refractivity contribution is 0.0671. The van der Waals surface area contributed by atoms with Crippen molar-refractivity contribution in [1.82, 2.24) is 24.5 Å². The van der Waals surface area contributed by atoms with E-state index in [1.807, 2.05) is 13.8 Å². The molecule has 8 heteroatoms. The monoisotopic (exact) mass is 411 g/mol. The van der Waals surface area contributed by atoms with E-state index in [0.717, 1.165) is 49.8 Å². The topological polar surface area (TPSA) is 90.1 Å². The van der Waals surface area contributed by atoms with Gasteiger partial charge in [0, 0.05) is 31.8 Å². The van der Waals surface area contributed by atoms with Crippen molar-refractivity contribution in [3.8, 4) is 0 Å². The zero-order valence-electron chi connectivity index (χ0n) is 17.7. The van der Waals surface area contributed by atoms with Gasteiger partial charge in [0.2, 0.25) is 0 Å². The minimum Gasteiger partial charge on any atom is -0.337 e. The van der Waals surface area contributed by atoms with Gasteiger partial charge in [-0.25, -0.2) is 9.36 Å². The van der Waals surface area contributed by atoms with E-state index in [9.17, 15) is 14.4 Å². The first-order chi connectivity index (χ1) is 14.4. The fourth-order valence-electron chi connectivity index (χ4n) is 4.37. The van der Waals surface area contributed by atoms with E-state index in [2.05, 4.69) is 10.2 Å². The van der Waals surface area contributed by atoms with Crippen molar-refractivity contribution in [3.05, 3.63) is 55.9 Å². The maximum Gasteiger partial charge on any atom is 0.274 e. The van der Waals surface area contributed by atoms with Crippen LogP contribution in [-0.4, -0.2) is 43.5 Å². The zero-order valence-corrected chi connectivity index (χ0v) is 17.7. The molecule has 2 aliphatic rings. The van der Waals surface area contributed by atoms with Crippen LogP contribution in [-0.2, 0) is 19.4 Å². The van der Waals surface area contributed by atoms with Gasteiger partial charge in [0.15, 0.2) is 0 Å². The molecule has 2 aromatic rings. The van der Waals surface area contributed by atoms with Crippen molar-refractivity contribution >= 4 is 5.91 Å². The molecule has 8 nitrogen and oxygen atoms in total. The van der Waals surface area contributed by atoms with E-state index in [1.54, 1.807) is 15.6 Å². The lowest BCUT2D eigenvalue weighted by atomic mass is 9.95. The van der Waals surface area contributed by atoms with Gasteiger partial charge in [-0.05, 0) is 69.9 Å². The summed E-state index contributed by atoms with van der Waals surface area (Å²) in [4.78, 5) is 39.0. The third-order valence-electron chi connectivity index (χ3n) is 6.14. The third kappa shape index (κ3) is 4.22. The van der Waals surface area contributed by atoms with E-state index < -0.39 is 0 Å². The molecule has 0 radical (unpaired) electrons. The Morgan fingerprint density at radius 2 is 1.80 bits per heavy atom. The van der Waals surface area contributed by atoms with Crippen LogP contribution in [0.4, 0.5) is 0 Å². The average molecular weight is 412 g/mol. The Hall–Kier alpha value is -2.77. The van der Waals surface area contributed by atoms with Gasteiger partial charge in [-0.3, -0.25) is 14.4 Å². The molecule has 1 fully saturated rings. The highest BCUT2D eigenvalue weighted by Gasteiger charge is 2.26. The van der Waals surface area contributed by atoms with Gasteiger partial charge in [0.05, 0.1) is 11.7 Å². The van der Waals surface area contributed by atoms with Gasteiger partial charge < -0.3 is 4.90 Å². The Morgan fingerprint density at radius 1 is 1.07 bits per heavy atom. The maximum atomic E-state index is 12.8. The third-order valence-corrected chi connectivity index (χ3v) is 6.14. The number of nitrogens with zero attached hydrogens (tertiary/aromatic N) is 5. The van der Waals surface area contributed by atoms with Crippen LogP contribution >= 0.6 is 0 Å². The lowest BCUT2D eigenvalue weighted by Crippen LogP contribution is -2.41. The van der Waals surface area contributed by atoms with Crippen LogP contribution in [0.1, 0.15) is 67.3 Å². The predicted octanol–water partition coefficient (Wildman–Crippen LogP) is 1.81. The molecule has 1 amide bonds. The summed E-state index contributed by atoms with van der Waals surface area (Å²) in [6, 6.07) is 4.57. The molecule has 0 spiro atoms. The largest absolute Gasteiger partial charge is 0.337 e. The smallest absolute Gasteiger partial charge is 0.274 e. The first kappa shape index (κ1) is 20.5. The molecule has 1 aliphatic heterocycles. The van der Waals surface area contributed by atoms with Crippen molar-refractivity contribution in [3.63, 3.8) is 0 Å². The van der Waals surface area contributed by atoms with E-state index in [4.69, 9.17) is 0 Å². The molecule has 30 heavy (non-hydrogen) atoms. The number of aryl methyl sites for hydroxylation is 2. The van der Waals surface area contributed by atoms with Gasteiger partial charge in [0.1, 0.15) is 5.69 Å². The summed E-state index contributed by atoms with van der Waals surface area (Å²) in [6.07, 6.45) is 5.82. The average Bonchev–Trinajstić information content (AvgIpc) is 2.74. The minimum atomic E-state index is -0.205. The molecule has 1 saturated heterocycles. The summed E-state index contributed by atoms with van der Waals surface area (Å²) in [5.41, 5.74) is 2.25. The summed E-state index contributed by atoms with van der Waals surface area (Å²) >= 11 is 0. The normalized spacial score (nSPS) is 17.2. The quantitative estimate of drug-likeness (QED) is 0.765. The molecular weight excluding hydrogens is 382 g/mol. The summed E-state index contributed by atoms with van der Waals surface area (Å²) in [5.74, 6) is 0.172. The zero-order chi connectivity index (χ0) is 21.3. The maximum absolute atomic E-state index is 12.8. The van der Waals surface area contributed by atoms with Crippen LogP contribution < -0.4 is 11.1 Å². The van der Waals surface area contributed by atoms with Crippen LogP contribution in [0.25, 0.3) is 0 Å². The summed E-state index contributed by atoms with van der Waals surface area (Å²) < 4.78 is 2.96. The van der Waals surface area contributed by atoms with Crippen LogP contribution in [0, 0.1) is 5.92 Å². The molecule has 0 atom stereocenters. The Bertz CT molecular complexity index is 1050. The number of hydrogen-bond acceptors (Lipinski definition) is 5. The molecule has 4 rings (SSSR count). The number of carbonyl (C=O) groups excluding carboxylic acids is 1. The molecule has 3 heterocycles. The Labute approximate surface area is 175 Å². The highest BCUT2D eigenvalue weighted by atomic mass is 16.2.